The van der Waals surface area contributed by atoms with Crippen LogP contribution in [0.15, 0.2) is 24.3 Å². The number of nitrogens with two attached hydrogens (primary N) is 1. The number of fused-ring (bicyclic) bond motifs is 1. The largest absolute Gasteiger partial charge is 0.493 e. The smallest absolute Gasteiger partial charge is 0.122 e. The Morgan fingerprint density at radius 2 is 2.22 bits per heavy atom. The molecule has 1 heterocycles. The van der Waals surface area contributed by atoms with Gasteiger partial charge in [-0.05, 0) is 62.8 Å². The first-order chi connectivity index (χ1) is 8.54. The molecule has 0 spiro atoms. The zero-order valence-corrected chi connectivity index (χ0v) is 11.4. The third-order valence-electron chi connectivity index (χ3n) is 3.20. The topological polar surface area (TPSA) is 35.2 Å². The lowest BCUT2D eigenvalue weighted by Gasteiger charge is -2.17. The molecule has 2 heteroatoms. The molecule has 1 aliphatic rings. The van der Waals surface area contributed by atoms with Gasteiger partial charge in [0.15, 0.2) is 0 Å². The standard InChI is InChI=1S/C16H23NO/c1-16(2,17)10-4-3-6-13-8-9-15-14(12-13)7-5-11-18-15/h3,6,8-9,12H,4-5,7,10-11,17H2,1-2H3/b6-3+. The number of rotatable bonds is 4. The highest BCUT2D eigenvalue weighted by atomic mass is 16.5. The molecule has 0 saturated carbocycles. The molecular formula is C16H23NO. The van der Waals surface area contributed by atoms with Crippen molar-refractivity contribution >= 4 is 6.08 Å². The van der Waals surface area contributed by atoms with Gasteiger partial charge >= 0.3 is 0 Å². The molecule has 1 aliphatic heterocycles. The summed E-state index contributed by atoms with van der Waals surface area (Å²) in [6.07, 6.45) is 8.68. The van der Waals surface area contributed by atoms with Gasteiger partial charge in [0, 0.05) is 5.54 Å². The molecular weight excluding hydrogens is 222 g/mol. The van der Waals surface area contributed by atoms with Crippen molar-refractivity contribution in [3.05, 3.63) is 35.4 Å². The predicted octanol–water partition coefficient (Wildman–Crippen LogP) is 3.54. The summed E-state index contributed by atoms with van der Waals surface area (Å²) in [5, 5.41) is 0. The van der Waals surface area contributed by atoms with Gasteiger partial charge in [-0.25, -0.2) is 0 Å². The average molecular weight is 245 g/mol. The van der Waals surface area contributed by atoms with Gasteiger partial charge in [0.2, 0.25) is 0 Å². The van der Waals surface area contributed by atoms with Crippen molar-refractivity contribution in [2.75, 3.05) is 6.61 Å². The minimum Gasteiger partial charge on any atom is -0.493 e. The van der Waals surface area contributed by atoms with E-state index in [0.717, 1.165) is 38.0 Å². The number of ether oxygens (including phenoxy) is 1. The van der Waals surface area contributed by atoms with Gasteiger partial charge in [-0.2, -0.15) is 0 Å². The number of aryl methyl sites for hydroxylation is 1. The summed E-state index contributed by atoms with van der Waals surface area (Å²) in [5.41, 5.74) is 8.47. The lowest BCUT2D eigenvalue weighted by Crippen LogP contribution is -2.31. The quantitative estimate of drug-likeness (QED) is 0.880. The highest BCUT2D eigenvalue weighted by Crippen LogP contribution is 2.26. The van der Waals surface area contributed by atoms with Crippen molar-refractivity contribution in [2.24, 2.45) is 5.73 Å². The highest BCUT2D eigenvalue weighted by molar-refractivity contribution is 5.53. The van der Waals surface area contributed by atoms with E-state index >= 15 is 0 Å². The molecule has 2 nitrogen and oxygen atoms in total. The molecule has 0 radical (unpaired) electrons. The second-order valence-corrected chi connectivity index (χ2v) is 5.75. The molecule has 2 N–H and O–H groups in total. The van der Waals surface area contributed by atoms with Gasteiger partial charge in [0.1, 0.15) is 5.75 Å². The molecule has 2 rings (SSSR count). The van der Waals surface area contributed by atoms with E-state index in [-0.39, 0.29) is 5.54 Å². The summed E-state index contributed by atoms with van der Waals surface area (Å²) < 4.78 is 5.61. The van der Waals surface area contributed by atoms with Crippen LogP contribution < -0.4 is 10.5 Å². The molecule has 1 aromatic carbocycles. The van der Waals surface area contributed by atoms with Crippen LogP contribution in [0.4, 0.5) is 0 Å². The maximum Gasteiger partial charge on any atom is 0.122 e. The maximum atomic E-state index is 5.96. The van der Waals surface area contributed by atoms with Crippen molar-refractivity contribution in [3.63, 3.8) is 0 Å². The van der Waals surface area contributed by atoms with E-state index in [1.54, 1.807) is 0 Å². The zero-order valence-electron chi connectivity index (χ0n) is 11.4. The predicted molar refractivity (Wildman–Crippen MR) is 76.8 cm³/mol. The lowest BCUT2D eigenvalue weighted by molar-refractivity contribution is 0.288. The van der Waals surface area contributed by atoms with Crippen LogP contribution >= 0.6 is 0 Å². The molecule has 0 aromatic heterocycles. The van der Waals surface area contributed by atoms with E-state index in [1.165, 1.54) is 11.1 Å². The normalized spacial score (nSPS) is 15.5. The van der Waals surface area contributed by atoms with Crippen molar-refractivity contribution in [1.82, 2.24) is 0 Å². The minimum atomic E-state index is -0.0754. The Kier molecular flexibility index (Phi) is 4.07. The molecule has 0 unspecified atom stereocenters. The monoisotopic (exact) mass is 245 g/mol. The summed E-state index contributed by atoms with van der Waals surface area (Å²) in [6.45, 7) is 4.99. The molecule has 98 valence electrons. The van der Waals surface area contributed by atoms with Gasteiger partial charge in [-0.15, -0.1) is 0 Å². The second kappa shape index (κ2) is 5.57. The molecule has 1 aromatic rings. The van der Waals surface area contributed by atoms with Crippen molar-refractivity contribution < 1.29 is 4.74 Å². The third-order valence-corrected chi connectivity index (χ3v) is 3.20. The highest BCUT2D eigenvalue weighted by Gasteiger charge is 2.10. The van der Waals surface area contributed by atoms with Crippen LogP contribution in [-0.4, -0.2) is 12.1 Å². The summed E-state index contributed by atoms with van der Waals surface area (Å²) in [4.78, 5) is 0. The van der Waals surface area contributed by atoms with Crippen LogP contribution in [0.3, 0.4) is 0 Å². The Hall–Kier alpha value is -1.28. The fourth-order valence-electron chi connectivity index (χ4n) is 2.16. The Morgan fingerprint density at radius 1 is 1.39 bits per heavy atom. The van der Waals surface area contributed by atoms with Gasteiger partial charge in [0.05, 0.1) is 6.61 Å². The summed E-state index contributed by atoms with van der Waals surface area (Å²) in [5.74, 6) is 1.06. The van der Waals surface area contributed by atoms with Crippen LogP contribution in [0.2, 0.25) is 0 Å². The fourth-order valence-corrected chi connectivity index (χ4v) is 2.16. The van der Waals surface area contributed by atoms with Crippen LogP contribution in [-0.2, 0) is 6.42 Å². The molecule has 18 heavy (non-hydrogen) atoms. The zero-order chi connectivity index (χ0) is 13.0. The molecule has 0 saturated heterocycles. The van der Waals surface area contributed by atoms with Crippen LogP contribution in [0, 0.1) is 0 Å². The Labute approximate surface area is 110 Å². The van der Waals surface area contributed by atoms with E-state index < -0.39 is 0 Å². The van der Waals surface area contributed by atoms with Crippen LogP contribution in [0.5, 0.6) is 5.75 Å². The molecule has 0 bridgehead atoms. The molecule has 0 atom stereocenters. The number of hydrogen-bond donors (Lipinski definition) is 1. The van der Waals surface area contributed by atoms with Crippen LogP contribution in [0.25, 0.3) is 6.08 Å². The lowest BCUT2D eigenvalue weighted by atomic mass is 9.99. The summed E-state index contributed by atoms with van der Waals surface area (Å²) in [7, 11) is 0. The first kappa shape index (κ1) is 13.2. The Bertz CT molecular complexity index is 429. The fraction of sp³-hybridized carbons (Fsp3) is 0.500. The number of benzene rings is 1. The van der Waals surface area contributed by atoms with Crippen molar-refractivity contribution in [3.8, 4) is 5.75 Å². The molecule has 0 amide bonds. The van der Waals surface area contributed by atoms with Crippen molar-refractivity contribution in [1.29, 1.82) is 0 Å². The third kappa shape index (κ3) is 3.88. The van der Waals surface area contributed by atoms with Crippen molar-refractivity contribution in [2.45, 2.75) is 45.1 Å². The maximum absolute atomic E-state index is 5.96. The van der Waals surface area contributed by atoms with Crippen LogP contribution in [0.1, 0.15) is 44.2 Å². The van der Waals surface area contributed by atoms with E-state index in [4.69, 9.17) is 10.5 Å². The van der Waals surface area contributed by atoms with E-state index in [2.05, 4.69) is 44.2 Å². The SMILES string of the molecule is CC(C)(N)CC/C=C/c1ccc2c(c1)CCCO2. The first-order valence-electron chi connectivity index (χ1n) is 6.76. The average Bonchev–Trinajstić information content (AvgIpc) is 2.33. The summed E-state index contributed by atoms with van der Waals surface area (Å²) in [6, 6.07) is 6.44. The summed E-state index contributed by atoms with van der Waals surface area (Å²) >= 11 is 0. The van der Waals surface area contributed by atoms with Gasteiger partial charge in [0.25, 0.3) is 0 Å². The molecule has 0 aliphatic carbocycles. The first-order valence-corrected chi connectivity index (χ1v) is 6.76. The molecule has 0 fully saturated rings. The number of allylic oxidation sites excluding steroid dienone is 1. The van der Waals surface area contributed by atoms with Gasteiger partial charge in [-0.1, -0.05) is 18.2 Å². The minimum absolute atomic E-state index is 0.0754. The van der Waals surface area contributed by atoms with Gasteiger partial charge in [-0.3, -0.25) is 0 Å². The van der Waals surface area contributed by atoms with E-state index in [1.807, 2.05) is 0 Å². The number of hydrogen-bond acceptors (Lipinski definition) is 2. The Balaban J connectivity index is 1.95. The second-order valence-electron chi connectivity index (χ2n) is 5.75. The van der Waals surface area contributed by atoms with E-state index in [0.29, 0.717) is 0 Å². The van der Waals surface area contributed by atoms with Gasteiger partial charge < -0.3 is 10.5 Å². The van der Waals surface area contributed by atoms with E-state index in [9.17, 15) is 0 Å². The Morgan fingerprint density at radius 3 is 3.00 bits per heavy atom.